The lowest BCUT2D eigenvalue weighted by atomic mass is 10.1. The maximum atomic E-state index is 12.1. The molecule has 0 spiro atoms. The predicted octanol–water partition coefficient (Wildman–Crippen LogP) is 0.923. The summed E-state index contributed by atoms with van der Waals surface area (Å²) in [6.45, 7) is 5.40. The summed E-state index contributed by atoms with van der Waals surface area (Å²) in [6, 6.07) is 0.311. The van der Waals surface area contributed by atoms with E-state index in [0.29, 0.717) is 18.3 Å². The fraction of sp³-hybridized carbons (Fsp3) is 1.00. The number of sulfone groups is 1. The Balaban J connectivity index is 2.72. The first-order chi connectivity index (χ1) is 8.03. The second-order valence-electron chi connectivity index (χ2n) is 4.50. The van der Waals surface area contributed by atoms with Crippen LogP contribution in [-0.4, -0.2) is 55.1 Å². The predicted molar refractivity (Wildman–Crippen MR) is 75.0 cm³/mol. The van der Waals surface area contributed by atoms with Crippen LogP contribution in [0.2, 0.25) is 0 Å². The Morgan fingerprint density at radius 3 is 2.82 bits per heavy atom. The van der Waals surface area contributed by atoms with Crippen molar-refractivity contribution in [3.05, 3.63) is 0 Å². The van der Waals surface area contributed by atoms with Crippen molar-refractivity contribution in [2.24, 2.45) is 5.73 Å². The molecule has 1 rings (SSSR count). The highest BCUT2D eigenvalue weighted by Gasteiger charge is 2.34. The van der Waals surface area contributed by atoms with Crippen molar-refractivity contribution in [1.29, 1.82) is 0 Å². The minimum Gasteiger partial charge on any atom is -0.330 e. The molecule has 102 valence electrons. The largest absolute Gasteiger partial charge is 0.330 e. The van der Waals surface area contributed by atoms with Crippen LogP contribution >= 0.6 is 11.8 Å². The third-order valence-electron chi connectivity index (χ3n) is 3.33. The van der Waals surface area contributed by atoms with Gasteiger partial charge in [0.25, 0.3) is 0 Å². The number of hydrogen-bond donors (Lipinski definition) is 1. The van der Waals surface area contributed by atoms with E-state index in [0.717, 1.165) is 25.1 Å². The monoisotopic (exact) mass is 280 g/mol. The van der Waals surface area contributed by atoms with Gasteiger partial charge in [0.05, 0.1) is 0 Å². The van der Waals surface area contributed by atoms with E-state index in [9.17, 15) is 8.42 Å². The van der Waals surface area contributed by atoms with Crippen molar-refractivity contribution in [1.82, 2.24) is 4.90 Å². The van der Waals surface area contributed by atoms with Gasteiger partial charge in [-0.1, -0.05) is 6.92 Å². The molecule has 0 aliphatic carbocycles. The van der Waals surface area contributed by atoms with E-state index in [2.05, 4.69) is 11.8 Å². The number of nitrogens with zero attached hydrogens (tertiary/aromatic N) is 1. The molecule has 4 nitrogen and oxygen atoms in total. The van der Waals surface area contributed by atoms with Gasteiger partial charge in [0.15, 0.2) is 9.84 Å². The van der Waals surface area contributed by atoms with E-state index in [1.54, 1.807) is 18.7 Å². The van der Waals surface area contributed by atoms with Gasteiger partial charge in [-0.25, -0.2) is 8.42 Å². The van der Waals surface area contributed by atoms with Crippen LogP contribution in [0.1, 0.15) is 26.7 Å². The van der Waals surface area contributed by atoms with Gasteiger partial charge in [0, 0.05) is 29.8 Å². The van der Waals surface area contributed by atoms with Crippen molar-refractivity contribution in [2.45, 2.75) is 38.1 Å². The van der Waals surface area contributed by atoms with Crippen LogP contribution in [0, 0.1) is 0 Å². The van der Waals surface area contributed by atoms with Gasteiger partial charge in [-0.15, -0.1) is 0 Å². The van der Waals surface area contributed by atoms with E-state index in [1.165, 1.54) is 0 Å². The van der Waals surface area contributed by atoms with Crippen molar-refractivity contribution in [3.63, 3.8) is 0 Å². The van der Waals surface area contributed by atoms with E-state index in [1.807, 2.05) is 0 Å². The zero-order valence-corrected chi connectivity index (χ0v) is 12.4. The molecule has 6 heteroatoms. The highest BCUT2D eigenvalue weighted by molar-refractivity contribution is 8.01. The molecule has 2 N–H and O–H groups in total. The topological polar surface area (TPSA) is 63.4 Å². The molecule has 1 saturated heterocycles. The van der Waals surface area contributed by atoms with Crippen molar-refractivity contribution in [3.8, 4) is 0 Å². The minimum absolute atomic E-state index is 0.234. The van der Waals surface area contributed by atoms with Crippen LogP contribution in [0.25, 0.3) is 0 Å². The molecule has 0 aromatic rings. The summed E-state index contributed by atoms with van der Waals surface area (Å²) >= 11 is 1.74. The molecule has 1 aliphatic heterocycles. The van der Waals surface area contributed by atoms with Gasteiger partial charge in [0.2, 0.25) is 0 Å². The third-order valence-corrected chi connectivity index (χ3v) is 6.64. The molecular weight excluding hydrogens is 256 g/mol. The number of thioether (sulfide) groups is 1. The second kappa shape index (κ2) is 6.97. The lowest BCUT2D eigenvalue weighted by Gasteiger charge is -2.38. The molecule has 0 aromatic carbocycles. The highest BCUT2D eigenvalue weighted by atomic mass is 32.2. The summed E-state index contributed by atoms with van der Waals surface area (Å²) in [5.74, 6) is 1.98. The van der Waals surface area contributed by atoms with Crippen LogP contribution in [0.5, 0.6) is 0 Å². The minimum atomic E-state index is -2.97. The Bertz CT molecular complexity index is 319. The molecule has 0 amide bonds. The second-order valence-corrected chi connectivity index (χ2v) is 8.10. The molecule has 1 fully saturated rings. The lowest BCUT2D eigenvalue weighted by Crippen LogP contribution is -2.51. The number of hydrogen-bond acceptors (Lipinski definition) is 5. The van der Waals surface area contributed by atoms with Crippen molar-refractivity contribution >= 4 is 21.6 Å². The molecule has 2 unspecified atom stereocenters. The van der Waals surface area contributed by atoms with E-state index < -0.39 is 9.84 Å². The Morgan fingerprint density at radius 1 is 1.53 bits per heavy atom. The third kappa shape index (κ3) is 4.12. The van der Waals surface area contributed by atoms with Crippen LogP contribution in [0.15, 0.2) is 0 Å². The first kappa shape index (κ1) is 15.3. The van der Waals surface area contributed by atoms with Gasteiger partial charge in [-0.3, -0.25) is 4.90 Å². The smallest absolute Gasteiger partial charge is 0.166 e. The van der Waals surface area contributed by atoms with E-state index in [-0.39, 0.29) is 11.1 Å². The van der Waals surface area contributed by atoms with Crippen molar-refractivity contribution in [2.75, 3.05) is 30.3 Å². The lowest BCUT2D eigenvalue weighted by molar-refractivity contribution is 0.194. The number of rotatable bonds is 6. The van der Waals surface area contributed by atoms with Crippen molar-refractivity contribution < 1.29 is 8.42 Å². The summed E-state index contributed by atoms with van der Waals surface area (Å²) in [7, 11) is -2.97. The summed E-state index contributed by atoms with van der Waals surface area (Å²) in [4.78, 5) is 2.16. The summed E-state index contributed by atoms with van der Waals surface area (Å²) in [6.07, 6.45) is 1.95. The van der Waals surface area contributed by atoms with Crippen LogP contribution < -0.4 is 5.73 Å². The molecule has 1 aliphatic rings. The maximum Gasteiger partial charge on any atom is 0.166 e. The standard InChI is InChI=1S/C11H24N2O2S2/c1-3-17(14,15)11-9-16-8-7-13(11)10(2)5-4-6-12/h10-11H,3-9,12H2,1-2H3. The van der Waals surface area contributed by atoms with E-state index >= 15 is 0 Å². The highest BCUT2D eigenvalue weighted by Crippen LogP contribution is 2.24. The van der Waals surface area contributed by atoms with Gasteiger partial charge in [-0.05, 0) is 26.3 Å². The fourth-order valence-electron chi connectivity index (χ4n) is 2.18. The van der Waals surface area contributed by atoms with E-state index in [4.69, 9.17) is 5.73 Å². The first-order valence-electron chi connectivity index (χ1n) is 6.28. The molecule has 0 saturated carbocycles. The molecule has 0 radical (unpaired) electrons. The normalized spacial score (nSPS) is 24.8. The Labute approximate surface area is 109 Å². The van der Waals surface area contributed by atoms with Gasteiger partial charge >= 0.3 is 0 Å². The summed E-state index contributed by atoms with van der Waals surface area (Å²) in [5.41, 5.74) is 5.51. The maximum absolute atomic E-state index is 12.1. The zero-order chi connectivity index (χ0) is 12.9. The average molecular weight is 280 g/mol. The Morgan fingerprint density at radius 2 is 2.24 bits per heavy atom. The zero-order valence-electron chi connectivity index (χ0n) is 10.8. The SMILES string of the molecule is CCS(=O)(=O)C1CSCCN1C(C)CCCN. The van der Waals surface area contributed by atoms with Crippen LogP contribution in [0.4, 0.5) is 0 Å². The van der Waals surface area contributed by atoms with Gasteiger partial charge < -0.3 is 5.73 Å². The summed E-state index contributed by atoms with van der Waals surface area (Å²) < 4.78 is 24.1. The summed E-state index contributed by atoms with van der Waals surface area (Å²) in [5, 5.41) is -0.293. The molecular formula is C11H24N2O2S2. The molecule has 2 atom stereocenters. The molecule has 0 bridgehead atoms. The van der Waals surface area contributed by atoms with Crippen LogP contribution in [-0.2, 0) is 9.84 Å². The molecule has 1 heterocycles. The molecule has 0 aromatic heterocycles. The molecule has 17 heavy (non-hydrogen) atoms. The van der Waals surface area contributed by atoms with Gasteiger partial charge in [-0.2, -0.15) is 11.8 Å². The average Bonchev–Trinajstić information content (AvgIpc) is 2.36. The fourth-order valence-corrected chi connectivity index (χ4v) is 5.31. The quantitative estimate of drug-likeness (QED) is 0.784. The Kier molecular flexibility index (Phi) is 6.26. The Hall–Kier alpha value is 0.220. The van der Waals surface area contributed by atoms with Gasteiger partial charge in [0.1, 0.15) is 5.37 Å². The van der Waals surface area contributed by atoms with Crippen LogP contribution in [0.3, 0.4) is 0 Å². The number of nitrogens with two attached hydrogens (primary N) is 1. The first-order valence-corrected chi connectivity index (χ1v) is 9.15.